The summed E-state index contributed by atoms with van der Waals surface area (Å²) in [4.78, 5) is -0.330. The number of nitrogens with one attached hydrogen (secondary N) is 1. The molecule has 0 atom stereocenters. The van der Waals surface area contributed by atoms with E-state index in [2.05, 4.69) is 57.3 Å². The van der Waals surface area contributed by atoms with Crippen molar-refractivity contribution in [3.05, 3.63) is 71.3 Å². The number of halogens is 2. The van der Waals surface area contributed by atoms with Crippen LogP contribution in [-0.4, -0.2) is 20.9 Å². The van der Waals surface area contributed by atoms with Gasteiger partial charge in [0.05, 0.1) is 23.2 Å². The number of benzene rings is 2. The molecule has 2 heterocycles. The first-order chi connectivity index (χ1) is 14.1. The van der Waals surface area contributed by atoms with Gasteiger partial charge in [0.25, 0.3) is 0 Å². The molecule has 1 aliphatic heterocycles. The summed E-state index contributed by atoms with van der Waals surface area (Å²) < 4.78 is 8.28. The summed E-state index contributed by atoms with van der Waals surface area (Å²) in [5.74, 6) is 1.89. The molecule has 5 rings (SSSR count). The maximum atomic E-state index is 7.15. The number of aryl methyl sites for hydroxylation is 1. The van der Waals surface area contributed by atoms with E-state index in [0.29, 0.717) is 6.54 Å². The second-order valence-electron chi connectivity index (χ2n) is 8.16. The Kier molecular flexibility index (Phi) is 6.05. The van der Waals surface area contributed by atoms with Crippen LogP contribution in [0.5, 0.6) is 5.75 Å². The predicted octanol–water partition coefficient (Wildman–Crippen LogP) is 5.06. The molecule has 1 fully saturated rings. The Labute approximate surface area is 188 Å². The molecule has 0 amide bonds. The van der Waals surface area contributed by atoms with Crippen LogP contribution in [0.2, 0.25) is 0 Å². The number of ether oxygens (including phenoxy) is 1. The average Bonchev–Trinajstić information content (AvgIpc) is 3.11. The summed E-state index contributed by atoms with van der Waals surface area (Å²) in [5.41, 5.74) is 4.79. The lowest BCUT2D eigenvalue weighted by molar-refractivity contribution is 0.138. The highest BCUT2D eigenvalue weighted by atomic mass is 35.5. The van der Waals surface area contributed by atoms with Crippen molar-refractivity contribution in [1.29, 1.82) is 0 Å². The van der Waals surface area contributed by atoms with Crippen LogP contribution >= 0.6 is 24.0 Å². The van der Waals surface area contributed by atoms with Crippen molar-refractivity contribution in [3.8, 4) is 11.4 Å². The standard InChI is InChI=1S/C23H25ClN4O.ClH/c1-16-3-2-4-20(11-16)29-19-7-9-23(24,10-8-19)18-5-6-21-17(12-18)13-25-14-22-27-26-15-28(21)22;/h2-6,11-12,15,19,25H,7-10,13-14H2,1H3;1H. The van der Waals surface area contributed by atoms with Crippen molar-refractivity contribution in [3.63, 3.8) is 0 Å². The van der Waals surface area contributed by atoms with Crippen molar-refractivity contribution < 1.29 is 4.74 Å². The molecule has 158 valence electrons. The fraction of sp³-hybridized carbons (Fsp3) is 0.391. The third kappa shape index (κ3) is 4.07. The third-order valence-corrected chi connectivity index (χ3v) is 6.69. The molecule has 0 unspecified atom stereocenters. The first kappa shape index (κ1) is 21.2. The van der Waals surface area contributed by atoms with Crippen LogP contribution in [0.15, 0.2) is 48.8 Å². The van der Waals surface area contributed by atoms with Crippen LogP contribution < -0.4 is 10.1 Å². The largest absolute Gasteiger partial charge is 0.490 e. The molecule has 2 aliphatic rings. The van der Waals surface area contributed by atoms with Crippen molar-refractivity contribution in [2.75, 3.05) is 0 Å². The Morgan fingerprint density at radius 1 is 1.13 bits per heavy atom. The molecule has 5 nitrogen and oxygen atoms in total. The van der Waals surface area contributed by atoms with E-state index in [0.717, 1.165) is 49.5 Å². The number of alkyl halides is 1. The highest BCUT2D eigenvalue weighted by Gasteiger charge is 2.36. The van der Waals surface area contributed by atoms with Crippen LogP contribution in [0.1, 0.15) is 48.2 Å². The van der Waals surface area contributed by atoms with E-state index < -0.39 is 0 Å². The molecule has 1 N–H and O–H groups in total. The van der Waals surface area contributed by atoms with Gasteiger partial charge in [-0.25, -0.2) is 0 Å². The van der Waals surface area contributed by atoms with Gasteiger partial charge in [0.2, 0.25) is 0 Å². The van der Waals surface area contributed by atoms with Crippen LogP contribution in [0.3, 0.4) is 0 Å². The number of fused-ring (bicyclic) bond motifs is 3. The molecular formula is C23H26Cl2N4O. The zero-order valence-electron chi connectivity index (χ0n) is 17.0. The zero-order chi connectivity index (χ0) is 19.8. The maximum absolute atomic E-state index is 7.15. The summed E-state index contributed by atoms with van der Waals surface area (Å²) in [6.07, 6.45) is 5.76. The van der Waals surface area contributed by atoms with Gasteiger partial charge in [-0.15, -0.1) is 34.2 Å². The van der Waals surface area contributed by atoms with Crippen LogP contribution in [-0.2, 0) is 18.0 Å². The molecule has 1 aromatic heterocycles. The van der Waals surface area contributed by atoms with Gasteiger partial charge >= 0.3 is 0 Å². The number of aromatic nitrogens is 3. The van der Waals surface area contributed by atoms with Crippen molar-refractivity contribution in [1.82, 2.24) is 20.1 Å². The van der Waals surface area contributed by atoms with E-state index in [-0.39, 0.29) is 23.4 Å². The monoisotopic (exact) mass is 444 g/mol. The first-order valence-electron chi connectivity index (χ1n) is 10.3. The van der Waals surface area contributed by atoms with Crippen LogP contribution in [0.4, 0.5) is 0 Å². The fourth-order valence-electron chi connectivity index (χ4n) is 4.47. The highest BCUT2D eigenvalue weighted by molar-refractivity contribution is 6.24. The topological polar surface area (TPSA) is 52.0 Å². The number of hydrogen-bond acceptors (Lipinski definition) is 4. The fourth-order valence-corrected chi connectivity index (χ4v) is 4.80. The molecule has 0 bridgehead atoms. The Morgan fingerprint density at radius 2 is 1.97 bits per heavy atom. The Bertz CT molecular complexity index is 1030. The van der Waals surface area contributed by atoms with E-state index in [1.54, 1.807) is 6.33 Å². The zero-order valence-corrected chi connectivity index (χ0v) is 18.5. The molecule has 7 heteroatoms. The highest BCUT2D eigenvalue weighted by Crippen LogP contribution is 2.44. The summed E-state index contributed by atoms with van der Waals surface area (Å²) in [7, 11) is 0. The molecule has 2 aromatic carbocycles. The van der Waals surface area contributed by atoms with Gasteiger partial charge in [-0.3, -0.25) is 4.57 Å². The smallest absolute Gasteiger partial charge is 0.151 e. The van der Waals surface area contributed by atoms with Crippen molar-refractivity contribution in [2.24, 2.45) is 0 Å². The van der Waals surface area contributed by atoms with Gasteiger partial charge in [-0.05, 0) is 67.5 Å². The first-order valence-corrected chi connectivity index (χ1v) is 10.6. The molecule has 1 aliphatic carbocycles. The molecule has 0 saturated heterocycles. The van der Waals surface area contributed by atoms with Gasteiger partial charge in [0.15, 0.2) is 5.82 Å². The maximum Gasteiger partial charge on any atom is 0.151 e. The Balaban J connectivity index is 0.00000218. The van der Waals surface area contributed by atoms with Gasteiger partial charge in [-0.2, -0.15) is 0 Å². The van der Waals surface area contributed by atoms with Gasteiger partial charge in [-0.1, -0.05) is 24.3 Å². The van der Waals surface area contributed by atoms with E-state index in [4.69, 9.17) is 16.3 Å². The molecule has 30 heavy (non-hydrogen) atoms. The normalized spacial score (nSPS) is 22.9. The SMILES string of the molecule is Cc1cccc(OC2CCC(Cl)(c3ccc4c(c3)CNCc3nncn3-4)CC2)c1.Cl. The summed E-state index contributed by atoms with van der Waals surface area (Å²) in [5, 5.41) is 11.7. The van der Waals surface area contributed by atoms with Gasteiger partial charge < -0.3 is 10.1 Å². The average molecular weight is 445 g/mol. The predicted molar refractivity (Wildman–Crippen MR) is 121 cm³/mol. The van der Waals surface area contributed by atoms with E-state index >= 15 is 0 Å². The van der Waals surface area contributed by atoms with Crippen LogP contribution in [0.25, 0.3) is 5.69 Å². The Hall–Kier alpha value is -2.08. The van der Waals surface area contributed by atoms with Crippen LogP contribution in [0, 0.1) is 6.92 Å². The van der Waals surface area contributed by atoms with Crippen molar-refractivity contribution >= 4 is 24.0 Å². The summed E-state index contributed by atoms with van der Waals surface area (Å²) in [6, 6.07) is 14.9. The quantitative estimate of drug-likeness (QED) is 0.573. The Morgan fingerprint density at radius 3 is 2.77 bits per heavy atom. The number of nitrogens with zero attached hydrogens (tertiary/aromatic N) is 3. The number of rotatable bonds is 3. The van der Waals surface area contributed by atoms with E-state index in [9.17, 15) is 0 Å². The van der Waals surface area contributed by atoms with Gasteiger partial charge in [0.1, 0.15) is 12.1 Å². The minimum absolute atomic E-state index is 0. The lowest BCUT2D eigenvalue weighted by atomic mass is 9.81. The minimum Gasteiger partial charge on any atom is -0.490 e. The minimum atomic E-state index is -0.330. The van der Waals surface area contributed by atoms with E-state index in [1.807, 2.05) is 12.1 Å². The number of hydrogen-bond donors (Lipinski definition) is 1. The second kappa shape index (κ2) is 8.58. The lowest BCUT2D eigenvalue weighted by Crippen LogP contribution is -2.31. The molecule has 0 spiro atoms. The molecule has 0 radical (unpaired) electrons. The molecule has 3 aromatic rings. The van der Waals surface area contributed by atoms with Crippen molar-refractivity contribution in [2.45, 2.75) is 56.7 Å². The second-order valence-corrected chi connectivity index (χ2v) is 8.89. The molecule has 1 saturated carbocycles. The van der Waals surface area contributed by atoms with Gasteiger partial charge in [0, 0.05) is 6.54 Å². The lowest BCUT2D eigenvalue weighted by Gasteiger charge is -2.36. The summed E-state index contributed by atoms with van der Waals surface area (Å²) in [6.45, 7) is 3.61. The summed E-state index contributed by atoms with van der Waals surface area (Å²) >= 11 is 7.15. The van der Waals surface area contributed by atoms with E-state index in [1.165, 1.54) is 16.7 Å². The third-order valence-electron chi connectivity index (χ3n) is 6.09. The molecular weight excluding hydrogens is 419 g/mol.